The van der Waals surface area contributed by atoms with Gasteiger partial charge in [0.1, 0.15) is 5.15 Å². The van der Waals surface area contributed by atoms with Crippen LogP contribution in [-0.2, 0) is 4.74 Å². The SMILES string of the molecule is CC1CN(c2ccnc(Cl)c2)CC(C)O1. The highest BCUT2D eigenvalue weighted by atomic mass is 35.5. The third-order valence-electron chi connectivity index (χ3n) is 2.49. The van der Waals surface area contributed by atoms with E-state index in [1.54, 1.807) is 6.20 Å². The van der Waals surface area contributed by atoms with Crippen LogP contribution in [0, 0.1) is 0 Å². The first-order valence-electron chi connectivity index (χ1n) is 5.17. The van der Waals surface area contributed by atoms with E-state index in [2.05, 4.69) is 23.7 Å². The van der Waals surface area contributed by atoms with Gasteiger partial charge >= 0.3 is 0 Å². The van der Waals surface area contributed by atoms with Crippen LogP contribution in [0.25, 0.3) is 0 Å². The van der Waals surface area contributed by atoms with E-state index < -0.39 is 0 Å². The number of nitrogens with zero attached hydrogens (tertiary/aromatic N) is 2. The maximum absolute atomic E-state index is 5.87. The van der Waals surface area contributed by atoms with Gasteiger partial charge in [-0.15, -0.1) is 0 Å². The Balaban J connectivity index is 2.16. The predicted molar refractivity (Wildman–Crippen MR) is 61.5 cm³/mol. The van der Waals surface area contributed by atoms with Crippen LogP contribution in [0.15, 0.2) is 18.3 Å². The molecule has 0 radical (unpaired) electrons. The zero-order chi connectivity index (χ0) is 10.8. The minimum Gasteiger partial charge on any atom is -0.372 e. The highest BCUT2D eigenvalue weighted by molar-refractivity contribution is 6.29. The molecule has 1 aromatic heterocycles. The first-order valence-corrected chi connectivity index (χ1v) is 5.55. The fourth-order valence-corrected chi connectivity index (χ4v) is 2.15. The molecular formula is C11H15ClN2O. The van der Waals surface area contributed by atoms with Gasteiger partial charge in [0.25, 0.3) is 0 Å². The van der Waals surface area contributed by atoms with Gasteiger partial charge in [0, 0.05) is 25.0 Å². The maximum atomic E-state index is 5.87. The summed E-state index contributed by atoms with van der Waals surface area (Å²) in [7, 11) is 0. The van der Waals surface area contributed by atoms with Gasteiger partial charge < -0.3 is 9.64 Å². The number of hydrogen-bond donors (Lipinski definition) is 0. The Kier molecular flexibility index (Phi) is 3.12. The Bertz CT molecular complexity index is 335. The lowest BCUT2D eigenvalue weighted by Gasteiger charge is -2.36. The van der Waals surface area contributed by atoms with Gasteiger partial charge in [-0.25, -0.2) is 4.98 Å². The maximum Gasteiger partial charge on any atom is 0.131 e. The lowest BCUT2D eigenvalue weighted by molar-refractivity contribution is -0.00522. The predicted octanol–water partition coefficient (Wildman–Crippen LogP) is 2.35. The molecule has 1 aromatic rings. The molecule has 82 valence electrons. The fraction of sp³-hybridized carbons (Fsp3) is 0.545. The van der Waals surface area contributed by atoms with Gasteiger partial charge in [-0.2, -0.15) is 0 Å². The van der Waals surface area contributed by atoms with Gasteiger partial charge in [0.2, 0.25) is 0 Å². The molecule has 2 rings (SSSR count). The van der Waals surface area contributed by atoms with Crippen molar-refractivity contribution in [2.75, 3.05) is 18.0 Å². The van der Waals surface area contributed by atoms with Gasteiger partial charge in [-0.05, 0) is 26.0 Å². The monoisotopic (exact) mass is 226 g/mol. The van der Waals surface area contributed by atoms with E-state index in [4.69, 9.17) is 16.3 Å². The first-order chi connectivity index (χ1) is 7.15. The van der Waals surface area contributed by atoms with Crippen LogP contribution in [0.2, 0.25) is 5.15 Å². The molecule has 1 aliphatic rings. The Labute approximate surface area is 95.0 Å². The van der Waals surface area contributed by atoms with Crippen LogP contribution in [0.3, 0.4) is 0 Å². The third-order valence-corrected chi connectivity index (χ3v) is 2.70. The second-order valence-electron chi connectivity index (χ2n) is 4.00. The molecule has 15 heavy (non-hydrogen) atoms. The highest BCUT2D eigenvalue weighted by Crippen LogP contribution is 2.21. The number of morpholine rings is 1. The summed E-state index contributed by atoms with van der Waals surface area (Å²) in [6, 6.07) is 3.88. The molecule has 0 bridgehead atoms. The molecule has 0 aliphatic carbocycles. The summed E-state index contributed by atoms with van der Waals surface area (Å²) in [6.07, 6.45) is 2.27. The van der Waals surface area contributed by atoms with Crippen molar-refractivity contribution >= 4 is 17.3 Å². The smallest absolute Gasteiger partial charge is 0.131 e. The molecule has 3 nitrogen and oxygen atoms in total. The Hall–Kier alpha value is -0.800. The molecule has 2 unspecified atom stereocenters. The Morgan fingerprint density at radius 2 is 2.07 bits per heavy atom. The minimum atomic E-state index is 0.265. The molecule has 4 heteroatoms. The largest absolute Gasteiger partial charge is 0.372 e. The zero-order valence-corrected chi connectivity index (χ0v) is 9.74. The lowest BCUT2D eigenvalue weighted by atomic mass is 10.2. The van der Waals surface area contributed by atoms with Crippen LogP contribution in [0.1, 0.15) is 13.8 Å². The number of rotatable bonds is 1. The topological polar surface area (TPSA) is 25.4 Å². The Morgan fingerprint density at radius 3 is 2.67 bits per heavy atom. The van der Waals surface area contributed by atoms with Crippen LogP contribution in [0.5, 0.6) is 0 Å². The summed E-state index contributed by atoms with van der Waals surface area (Å²) in [4.78, 5) is 6.26. The van der Waals surface area contributed by atoms with Crippen LogP contribution in [-0.4, -0.2) is 30.3 Å². The molecule has 0 N–H and O–H groups in total. The third kappa shape index (κ3) is 2.61. The molecule has 1 saturated heterocycles. The molecule has 2 heterocycles. The molecule has 0 spiro atoms. The van der Waals surface area contributed by atoms with E-state index in [0.29, 0.717) is 5.15 Å². The number of hydrogen-bond acceptors (Lipinski definition) is 3. The van der Waals surface area contributed by atoms with Crippen LogP contribution >= 0.6 is 11.6 Å². The second-order valence-corrected chi connectivity index (χ2v) is 4.39. The van der Waals surface area contributed by atoms with Crippen LogP contribution < -0.4 is 4.90 Å². The standard InChI is InChI=1S/C11H15ClN2O/c1-8-6-14(7-9(2)15-8)10-3-4-13-11(12)5-10/h3-5,8-9H,6-7H2,1-2H3. The number of ether oxygens (including phenoxy) is 1. The molecule has 0 saturated carbocycles. The highest BCUT2D eigenvalue weighted by Gasteiger charge is 2.22. The molecule has 2 atom stereocenters. The summed E-state index contributed by atoms with van der Waals surface area (Å²) in [5.41, 5.74) is 1.12. The van der Waals surface area contributed by atoms with E-state index >= 15 is 0 Å². The van der Waals surface area contributed by atoms with Crippen molar-refractivity contribution in [3.05, 3.63) is 23.5 Å². The van der Waals surface area contributed by atoms with Gasteiger partial charge in [-0.3, -0.25) is 0 Å². The quantitative estimate of drug-likeness (QED) is 0.688. The Morgan fingerprint density at radius 1 is 1.40 bits per heavy atom. The molecule has 0 aromatic carbocycles. The molecular weight excluding hydrogens is 212 g/mol. The van der Waals surface area contributed by atoms with Gasteiger partial charge in [-0.1, -0.05) is 11.6 Å². The van der Waals surface area contributed by atoms with Crippen molar-refractivity contribution in [2.45, 2.75) is 26.1 Å². The van der Waals surface area contributed by atoms with Crippen molar-refractivity contribution in [1.29, 1.82) is 0 Å². The van der Waals surface area contributed by atoms with Gasteiger partial charge in [0.15, 0.2) is 0 Å². The lowest BCUT2D eigenvalue weighted by Crippen LogP contribution is -2.45. The van der Waals surface area contributed by atoms with Crippen molar-refractivity contribution in [3.63, 3.8) is 0 Å². The van der Waals surface area contributed by atoms with E-state index in [-0.39, 0.29) is 12.2 Å². The fourth-order valence-electron chi connectivity index (χ4n) is 1.98. The number of halogens is 1. The van der Waals surface area contributed by atoms with Crippen LogP contribution in [0.4, 0.5) is 5.69 Å². The zero-order valence-electron chi connectivity index (χ0n) is 8.98. The van der Waals surface area contributed by atoms with Crippen molar-refractivity contribution in [3.8, 4) is 0 Å². The molecule has 1 fully saturated rings. The first kappa shape index (κ1) is 10.7. The second kappa shape index (κ2) is 4.37. The van der Waals surface area contributed by atoms with E-state index in [1.807, 2.05) is 12.1 Å². The van der Waals surface area contributed by atoms with Crippen molar-refractivity contribution < 1.29 is 4.74 Å². The summed E-state index contributed by atoms with van der Waals surface area (Å²) < 4.78 is 5.68. The molecule has 1 aliphatic heterocycles. The summed E-state index contributed by atoms with van der Waals surface area (Å²) in [6.45, 7) is 5.99. The summed E-state index contributed by atoms with van der Waals surface area (Å²) >= 11 is 5.87. The normalized spacial score (nSPS) is 26.7. The molecule has 0 amide bonds. The average molecular weight is 227 g/mol. The average Bonchev–Trinajstić information content (AvgIpc) is 2.16. The van der Waals surface area contributed by atoms with Crippen molar-refractivity contribution in [2.24, 2.45) is 0 Å². The van der Waals surface area contributed by atoms with E-state index in [0.717, 1.165) is 18.8 Å². The van der Waals surface area contributed by atoms with E-state index in [9.17, 15) is 0 Å². The summed E-state index contributed by atoms with van der Waals surface area (Å²) in [5.74, 6) is 0. The van der Waals surface area contributed by atoms with E-state index in [1.165, 1.54) is 0 Å². The number of pyridine rings is 1. The van der Waals surface area contributed by atoms with Gasteiger partial charge in [0.05, 0.1) is 12.2 Å². The summed E-state index contributed by atoms with van der Waals surface area (Å²) in [5, 5.41) is 0.541. The number of anilines is 1. The number of aromatic nitrogens is 1. The van der Waals surface area contributed by atoms with Crippen molar-refractivity contribution in [1.82, 2.24) is 4.98 Å². The minimum absolute atomic E-state index is 0.265.